The number of Topliss-reactive ketones (excluding diaryl/α,β-unsaturated/α-hetero) is 1. The lowest BCUT2D eigenvalue weighted by Crippen LogP contribution is -2.28. The van der Waals surface area contributed by atoms with Crippen molar-refractivity contribution in [3.63, 3.8) is 0 Å². The van der Waals surface area contributed by atoms with Crippen LogP contribution in [0.5, 0.6) is 0 Å². The Morgan fingerprint density at radius 2 is 1.84 bits per heavy atom. The largest absolute Gasteiger partial charge is 0.310 e. The van der Waals surface area contributed by atoms with Gasteiger partial charge in [-0.2, -0.15) is 5.10 Å². The highest BCUT2D eigenvalue weighted by atomic mass is 35.5. The average molecular weight is 430 g/mol. The fraction of sp³-hybridized carbons (Fsp3) is 0.160. The number of anilines is 1. The van der Waals surface area contributed by atoms with Crippen LogP contribution >= 0.6 is 11.6 Å². The molecule has 2 heterocycles. The Morgan fingerprint density at radius 3 is 2.61 bits per heavy atom. The van der Waals surface area contributed by atoms with Crippen LogP contribution in [0.25, 0.3) is 16.5 Å². The Hall–Kier alpha value is -3.44. The number of aromatic nitrogens is 2. The van der Waals surface area contributed by atoms with E-state index >= 15 is 0 Å². The molecule has 6 heteroatoms. The number of aryl methyl sites for hydroxylation is 2. The summed E-state index contributed by atoms with van der Waals surface area (Å²) in [5.74, 6) is -0.329. The van der Waals surface area contributed by atoms with Crippen molar-refractivity contribution in [1.29, 1.82) is 0 Å². The van der Waals surface area contributed by atoms with Gasteiger partial charge in [0.05, 0.1) is 17.3 Å². The van der Waals surface area contributed by atoms with Crippen molar-refractivity contribution in [2.45, 2.75) is 26.2 Å². The lowest BCUT2D eigenvalue weighted by atomic mass is 9.85. The van der Waals surface area contributed by atoms with Crippen molar-refractivity contribution in [1.82, 2.24) is 9.78 Å². The van der Waals surface area contributed by atoms with Crippen LogP contribution < -0.4 is 5.32 Å². The maximum atomic E-state index is 13.5. The van der Waals surface area contributed by atoms with Crippen LogP contribution in [0.2, 0.25) is 5.02 Å². The number of nitrogens with zero attached hydrogens (tertiary/aromatic N) is 2. The van der Waals surface area contributed by atoms with Gasteiger partial charge < -0.3 is 5.32 Å². The standard InChI is InChI=1S/C25H20ClN3O2/c1-14-7-10-19(12-21(14)26)29-25-23(15(2)28-29)20(13-22(30)27-25)24(31)18-9-8-16-5-3-4-6-17(16)11-18/h3-12,20H,13H2,1-2H3,(H,27,30)/t20-/m1/s1. The summed E-state index contributed by atoms with van der Waals surface area (Å²) in [6, 6.07) is 19.2. The molecule has 0 fully saturated rings. The maximum Gasteiger partial charge on any atom is 0.226 e. The van der Waals surface area contributed by atoms with Gasteiger partial charge in [-0.25, -0.2) is 4.68 Å². The molecule has 1 aliphatic heterocycles. The van der Waals surface area contributed by atoms with Crippen LogP contribution in [0.4, 0.5) is 5.82 Å². The minimum absolute atomic E-state index is 0.0774. The Kier molecular flexibility index (Phi) is 4.63. The van der Waals surface area contributed by atoms with Gasteiger partial charge in [-0.05, 0) is 48.4 Å². The lowest BCUT2D eigenvalue weighted by Gasteiger charge is -2.23. The Balaban J connectivity index is 1.60. The molecule has 0 aliphatic carbocycles. The second kappa shape index (κ2) is 7.36. The second-order valence-corrected chi connectivity index (χ2v) is 8.33. The second-order valence-electron chi connectivity index (χ2n) is 7.92. The normalized spacial score (nSPS) is 15.6. The Morgan fingerprint density at radius 1 is 1.06 bits per heavy atom. The van der Waals surface area contributed by atoms with Gasteiger partial charge in [-0.1, -0.05) is 54.1 Å². The highest BCUT2D eigenvalue weighted by molar-refractivity contribution is 6.31. The first-order valence-corrected chi connectivity index (χ1v) is 10.5. The number of hydrogen-bond donors (Lipinski definition) is 1. The van der Waals surface area contributed by atoms with E-state index in [9.17, 15) is 9.59 Å². The van der Waals surface area contributed by atoms with E-state index in [4.69, 9.17) is 11.6 Å². The Labute approximate surface area is 184 Å². The number of fused-ring (bicyclic) bond motifs is 2. The van der Waals surface area contributed by atoms with Crippen LogP contribution in [0.1, 0.15) is 39.5 Å². The summed E-state index contributed by atoms with van der Waals surface area (Å²) >= 11 is 6.31. The number of nitrogens with one attached hydrogen (secondary N) is 1. The summed E-state index contributed by atoms with van der Waals surface area (Å²) < 4.78 is 1.66. The number of hydrogen-bond acceptors (Lipinski definition) is 3. The van der Waals surface area contributed by atoms with Gasteiger partial charge in [-0.3, -0.25) is 9.59 Å². The number of ketones is 1. The number of benzene rings is 3. The van der Waals surface area contributed by atoms with E-state index in [0.29, 0.717) is 22.1 Å². The lowest BCUT2D eigenvalue weighted by molar-refractivity contribution is -0.116. The van der Waals surface area contributed by atoms with Crippen LogP contribution in [-0.2, 0) is 4.79 Å². The minimum atomic E-state index is -0.584. The summed E-state index contributed by atoms with van der Waals surface area (Å²) in [7, 11) is 0. The smallest absolute Gasteiger partial charge is 0.226 e. The quantitative estimate of drug-likeness (QED) is 0.431. The molecule has 1 amide bonds. The van der Waals surface area contributed by atoms with Crippen molar-refractivity contribution < 1.29 is 9.59 Å². The minimum Gasteiger partial charge on any atom is -0.310 e. The molecule has 0 radical (unpaired) electrons. The summed E-state index contributed by atoms with van der Waals surface area (Å²) in [6.45, 7) is 3.79. The van der Waals surface area contributed by atoms with Crippen LogP contribution in [0.3, 0.4) is 0 Å². The molecule has 1 aromatic heterocycles. The Bertz CT molecular complexity index is 1370. The number of rotatable bonds is 3. The van der Waals surface area contributed by atoms with E-state index in [-0.39, 0.29) is 18.1 Å². The van der Waals surface area contributed by atoms with E-state index in [2.05, 4.69) is 10.4 Å². The monoisotopic (exact) mass is 429 g/mol. The van der Waals surface area contributed by atoms with Gasteiger partial charge in [-0.15, -0.1) is 0 Å². The number of halogens is 1. The first kappa shape index (κ1) is 19.5. The molecule has 0 spiro atoms. The number of carbonyl (C=O) groups is 2. The summed E-state index contributed by atoms with van der Waals surface area (Å²) in [6.07, 6.45) is 0.0971. The molecule has 4 aromatic rings. The van der Waals surface area contributed by atoms with Gasteiger partial charge in [0.25, 0.3) is 0 Å². The molecule has 5 rings (SSSR count). The van der Waals surface area contributed by atoms with Crippen molar-refractivity contribution in [3.05, 3.63) is 88.1 Å². The van der Waals surface area contributed by atoms with E-state index < -0.39 is 5.92 Å². The predicted molar refractivity (Wildman–Crippen MR) is 122 cm³/mol. The van der Waals surface area contributed by atoms with Crippen molar-refractivity contribution in [2.24, 2.45) is 0 Å². The van der Waals surface area contributed by atoms with Crippen molar-refractivity contribution in [2.75, 3.05) is 5.32 Å². The molecular weight excluding hydrogens is 410 g/mol. The molecule has 5 nitrogen and oxygen atoms in total. The first-order chi connectivity index (χ1) is 14.9. The third-order valence-corrected chi connectivity index (χ3v) is 6.26. The van der Waals surface area contributed by atoms with Crippen molar-refractivity contribution in [3.8, 4) is 5.69 Å². The third kappa shape index (κ3) is 3.31. The van der Waals surface area contributed by atoms with Crippen molar-refractivity contribution >= 4 is 39.9 Å². The average Bonchev–Trinajstić information content (AvgIpc) is 3.10. The molecule has 154 valence electrons. The van der Waals surface area contributed by atoms with Gasteiger partial charge in [0, 0.05) is 22.6 Å². The van der Waals surface area contributed by atoms with Crippen LogP contribution in [0.15, 0.2) is 60.7 Å². The molecule has 0 saturated heterocycles. The molecule has 1 aliphatic rings. The molecule has 1 N–H and O–H groups in total. The van der Waals surface area contributed by atoms with Gasteiger partial charge in [0.2, 0.25) is 5.91 Å². The fourth-order valence-electron chi connectivity index (χ4n) is 4.22. The zero-order valence-corrected chi connectivity index (χ0v) is 17.9. The zero-order chi connectivity index (χ0) is 21.7. The van der Waals surface area contributed by atoms with E-state index in [1.165, 1.54) is 0 Å². The van der Waals surface area contributed by atoms with E-state index in [1.807, 2.05) is 74.5 Å². The third-order valence-electron chi connectivity index (χ3n) is 5.85. The zero-order valence-electron chi connectivity index (χ0n) is 17.1. The maximum absolute atomic E-state index is 13.5. The van der Waals surface area contributed by atoms with Gasteiger partial charge in [0.1, 0.15) is 5.82 Å². The SMILES string of the molecule is Cc1ccc(-n2nc(C)c3c2NC(=O)C[C@H]3C(=O)c2ccc3ccccc3c2)cc1Cl. The highest BCUT2D eigenvalue weighted by Gasteiger charge is 2.36. The topological polar surface area (TPSA) is 64.0 Å². The number of carbonyl (C=O) groups excluding carboxylic acids is 2. The predicted octanol–water partition coefficient (Wildman–Crippen LogP) is 5.60. The number of amides is 1. The molecule has 0 unspecified atom stereocenters. The van der Waals surface area contributed by atoms with Crippen LogP contribution in [0, 0.1) is 13.8 Å². The first-order valence-electron chi connectivity index (χ1n) is 10.1. The van der Waals surface area contributed by atoms with Crippen LogP contribution in [-0.4, -0.2) is 21.5 Å². The molecule has 0 bridgehead atoms. The summed E-state index contributed by atoms with van der Waals surface area (Å²) in [5.41, 5.74) is 3.76. The van der Waals surface area contributed by atoms with Gasteiger partial charge in [0.15, 0.2) is 5.78 Å². The molecule has 1 atom stereocenters. The molecule has 3 aromatic carbocycles. The fourth-order valence-corrected chi connectivity index (χ4v) is 4.39. The summed E-state index contributed by atoms with van der Waals surface area (Å²) in [4.78, 5) is 26.1. The molecule has 0 saturated carbocycles. The van der Waals surface area contributed by atoms with E-state index in [0.717, 1.165) is 27.6 Å². The molecular formula is C25H20ClN3O2. The highest BCUT2D eigenvalue weighted by Crippen LogP contribution is 2.39. The van der Waals surface area contributed by atoms with E-state index in [1.54, 1.807) is 4.68 Å². The molecule has 31 heavy (non-hydrogen) atoms. The summed E-state index contributed by atoms with van der Waals surface area (Å²) in [5, 5.41) is 10.2. The van der Waals surface area contributed by atoms with Gasteiger partial charge >= 0.3 is 0 Å².